The second-order valence-electron chi connectivity index (χ2n) is 6.94. The Morgan fingerprint density at radius 1 is 1.32 bits per heavy atom. The zero-order valence-electron chi connectivity index (χ0n) is 16.1. The van der Waals surface area contributed by atoms with Crippen molar-refractivity contribution in [3.8, 4) is 10.7 Å². The van der Waals surface area contributed by atoms with Gasteiger partial charge < -0.3 is 9.88 Å². The first kappa shape index (κ1) is 19.2. The van der Waals surface area contributed by atoms with E-state index in [0.29, 0.717) is 0 Å². The SMILES string of the molecule is CCn1c(S[C@@H](C)C(=O)N[C@H]2CCCc3ccccc32)nnc1-c1cccs1. The number of aromatic nitrogens is 3. The molecule has 2 atom stereocenters. The maximum atomic E-state index is 12.9. The van der Waals surface area contributed by atoms with Crippen LogP contribution < -0.4 is 5.32 Å². The van der Waals surface area contributed by atoms with Crippen LogP contribution in [0.1, 0.15) is 43.9 Å². The Morgan fingerprint density at radius 2 is 2.18 bits per heavy atom. The Hall–Kier alpha value is -2.12. The maximum absolute atomic E-state index is 12.9. The van der Waals surface area contributed by atoms with Gasteiger partial charge in [-0.25, -0.2) is 0 Å². The molecule has 1 amide bonds. The lowest BCUT2D eigenvalue weighted by Crippen LogP contribution is -2.36. The van der Waals surface area contributed by atoms with E-state index in [0.717, 1.165) is 41.7 Å². The molecule has 1 N–H and O–H groups in total. The molecule has 1 aliphatic rings. The summed E-state index contributed by atoms with van der Waals surface area (Å²) in [7, 11) is 0. The van der Waals surface area contributed by atoms with Crippen molar-refractivity contribution in [1.82, 2.24) is 20.1 Å². The second kappa shape index (κ2) is 8.49. The molecule has 7 heteroatoms. The van der Waals surface area contributed by atoms with Crippen molar-refractivity contribution in [3.63, 3.8) is 0 Å². The van der Waals surface area contributed by atoms with Crippen LogP contribution in [-0.4, -0.2) is 25.9 Å². The fourth-order valence-electron chi connectivity index (χ4n) is 3.65. The van der Waals surface area contributed by atoms with Crippen molar-refractivity contribution in [1.29, 1.82) is 0 Å². The first-order chi connectivity index (χ1) is 13.7. The average Bonchev–Trinajstić information content (AvgIpc) is 3.37. The van der Waals surface area contributed by atoms with Crippen LogP contribution in [0.5, 0.6) is 0 Å². The molecule has 0 aliphatic heterocycles. The highest BCUT2D eigenvalue weighted by Gasteiger charge is 2.25. The Morgan fingerprint density at radius 3 is 2.96 bits per heavy atom. The number of nitrogens with one attached hydrogen (secondary N) is 1. The summed E-state index contributed by atoms with van der Waals surface area (Å²) in [5.74, 6) is 0.920. The summed E-state index contributed by atoms with van der Waals surface area (Å²) in [5.41, 5.74) is 2.61. The van der Waals surface area contributed by atoms with Gasteiger partial charge in [-0.1, -0.05) is 42.1 Å². The summed E-state index contributed by atoms with van der Waals surface area (Å²) >= 11 is 3.12. The molecule has 1 aromatic carbocycles. The van der Waals surface area contributed by atoms with Crippen molar-refractivity contribution >= 4 is 29.0 Å². The quantitative estimate of drug-likeness (QED) is 0.596. The number of aryl methyl sites for hydroxylation is 1. The van der Waals surface area contributed by atoms with Gasteiger partial charge in [0.25, 0.3) is 0 Å². The van der Waals surface area contributed by atoms with Crippen molar-refractivity contribution < 1.29 is 4.79 Å². The highest BCUT2D eigenvalue weighted by atomic mass is 32.2. The number of amides is 1. The number of fused-ring (bicyclic) bond motifs is 1. The van der Waals surface area contributed by atoms with Crippen molar-refractivity contribution in [2.24, 2.45) is 0 Å². The molecule has 0 bridgehead atoms. The molecule has 0 saturated carbocycles. The number of carbonyl (C=O) groups is 1. The lowest BCUT2D eigenvalue weighted by molar-refractivity contribution is -0.121. The number of rotatable bonds is 6. The zero-order valence-corrected chi connectivity index (χ0v) is 17.7. The molecular weight excluding hydrogens is 388 g/mol. The smallest absolute Gasteiger partial charge is 0.233 e. The molecule has 4 rings (SSSR count). The van der Waals surface area contributed by atoms with Crippen LogP contribution in [0.3, 0.4) is 0 Å². The number of hydrogen-bond donors (Lipinski definition) is 1. The third kappa shape index (κ3) is 3.86. The molecule has 28 heavy (non-hydrogen) atoms. The van der Waals surface area contributed by atoms with Gasteiger partial charge in [0.15, 0.2) is 11.0 Å². The van der Waals surface area contributed by atoms with Crippen LogP contribution in [-0.2, 0) is 17.8 Å². The Labute approximate surface area is 173 Å². The predicted octanol–water partition coefficient (Wildman–Crippen LogP) is 4.70. The number of benzene rings is 1. The molecule has 2 aromatic heterocycles. The molecule has 146 valence electrons. The predicted molar refractivity (Wildman–Crippen MR) is 115 cm³/mol. The van der Waals surface area contributed by atoms with Crippen molar-refractivity contribution in [3.05, 3.63) is 52.9 Å². The summed E-state index contributed by atoms with van der Waals surface area (Å²) < 4.78 is 2.08. The van der Waals surface area contributed by atoms with Crippen molar-refractivity contribution in [2.45, 2.75) is 56.1 Å². The molecule has 0 saturated heterocycles. The summed E-state index contributed by atoms with van der Waals surface area (Å²) in [6.45, 7) is 4.79. The Balaban J connectivity index is 1.46. The van der Waals surface area contributed by atoms with Gasteiger partial charge in [-0.15, -0.1) is 21.5 Å². The summed E-state index contributed by atoms with van der Waals surface area (Å²) in [5, 5.41) is 14.6. The third-order valence-corrected chi connectivity index (χ3v) is 7.06. The summed E-state index contributed by atoms with van der Waals surface area (Å²) in [6.07, 6.45) is 3.20. The van der Waals surface area contributed by atoms with E-state index in [-0.39, 0.29) is 17.2 Å². The van der Waals surface area contributed by atoms with Gasteiger partial charge in [-0.05, 0) is 55.7 Å². The van der Waals surface area contributed by atoms with Gasteiger partial charge in [-0.3, -0.25) is 4.79 Å². The number of thiophene rings is 1. The molecule has 5 nitrogen and oxygen atoms in total. The first-order valence-corrected chi connectivity index (χ1v) is 11.4. The minimum absolute atomic E-state index is 0.0510. The fraction of sp³-hybridized carbons (Fsp3) is 0.381. The largest absolute Gasteiger partial charge is 0.348 e. The maximum Gasteiger partial charge on any atom is 0.233 e. The van der Waals surface area contributed by atoms with Gasteiger partial charge in [0.05, 0.1) is 16.2 Å². The lowest BCUT2D eigenvalue weighted by atomic mass is 9.88. The van der Waals surface area contributed by atoms with Crippen LogP contribution in [0.25, 0.3) is 10.7 Å². The average molecular weight is 413 g/mol. The van der Waals surface area contributed by atoms with E-state index in [4.69, 9.17) is 0 Å². The molecule has 0 fully saturated rings. The topological polar surface area (TPSA) is 59.8 Å². The monoisotopic (exact) mass is 412 g/mol. The van der Waals surface area contributed by atoms with Crippen molar-refractivity contribution in [2.75, 3.05) is 0 Å². The van der Waals surface area contributed by atoms with E-state index in [1.807, 2.05) is 24.4 Å². The fourth-order valence-corrected chi connectivity index (χ4v) is 5.29. The van der Waals surface area contributed by atoms with E-state index < -0.39 is 0 Å². The Kier molecular flexibility index (Phi) is 5.82. The van der Waals surface area contributed by atoms with Gasteiger partial charge in [0.2, 0.25) is 5.91 Å². The molecule has 2 heterocycles. The molecule has 3 aromatic rings. The van der Waals surface area contributed by atoms with E-state index in [1.54, 1.807) is 11.3 Å². The Bertz CT molecular complexity index is 951. The van der Waals surface area contributed by atoms with Crippen LogP contribution in [0, 0.1) is 0 Å². The van der Waals surface area contributed by atoms with Gasteiger partial charge in [0, 0.05) is 6.54 Å². The number of thioether (sulfide) groups is 1. The first-order valence-electron chi connectivity index (χ1n) is 9.69. The van der Waals surface area contributed by atoms with Crippen LogP contribution in [0.2, 0.25) is 0 Å². The molecule has 0 radical (unpaired) electrons. The second-order valence-corrected chi connectivity index (χ2v) is 9.20. The van der Waals surface area contributed by atoms with E-state index >= 15 is 0 Å². The normalized spacial score (nSPS) is 17.1. The minimum atomic E-state index is -0.236. The van der Waals surface area contributed by atoms with E-state index in [2.05, 4.69) is 51.3 Å². The molecule has 1 aliphatic carbocycles. The van der Waals surface area contributed by atoms with E-state index in [9.17, 15) is 4.79 Å². The molecular formula is C21H24N4OS2. The number of carbonyl (C=O) groups excluding carboxylic acids is 1. The minimum Gasteiger partial charge on any atom is -0.348 e. The van der Waals surface area contributed by atoms with Gasteiger partial charge in [-0.2, -0.15) is 0 Å². The van der Waals surface area contributed by atoms with Gasteiger partial charge in [0.1, 0.15) is 0 Å². The van der Waals surface area contributed by atoms with Crippen LogP contribution >= 0.6 is 23.1 Å². The summed E-state index contributed by atoms with van der Waals surface area (Å²) in [6, 6.07) is 12.6. The highest BCUT2D eigenvalue weighted by Crippen LogP contribution is 2.32. The summed E-state index contributed by atoms with van der Waals surface area (Å²) in [4.78, 5) is 14.0. The van der Waals surface area contributed by atoms with Crippen LogP contribution in [0.4, 0.5) is 0 Å². The van der Waals surface area contributed by atoms with Gasteiger partial charge >= 0.3 is 0 Å². The third-order valence-electron chi connectivity index (χ3n) is 5.11. The van der Waals surface area contributed by atoms with Crippen LogP contribution in [0.15, 0.2) is 46.9 Å². The number of hydrogen-bond acceptors (Lipinski definition) is 5. The zero-order chi connectivity index (χ0) is 19.5. The lowest BCUT2D eigenvalue weighted by Gasteiger charge is -2.27. The number of nitrogens with zero attached hydrogens (tertiary/aromatic N) is 3. The molecule has 0 unspecified atom stereocenters. The standard InChI is InChI=1S/C21H24N4OS2/c1-3-25-19(18-12-7-13-27-18)23-24-21(25)28-14(2)20(26)22-17-11-6-9-15-8-4-5-10-16(15)17/h4-5,7-8,10,12-14,17H,3,6,9,11H2,1-2H3,(H,22,26)/t14-,17-/m0/s1. The van der Waals surface area contributed by atoms with E-state index in [1.165, 1.54) is 22.9 Å². The molecule has 0 spiro atoms. The highest BCUT2D eigenvalue weighted by molar-refractivity contribution is 8.00.